The Labute approximate surface area is 380 Å². The van der Waals surface area contributed by atoms with Gasteiger partial charge in [-0.2, -0.15) is 0 Å². The Balaban J connectivity index is 2.99. The highest BCUT2D eigenvalue weighted by atomic mass is 28.4. The second-order valence-corrected chi connectivity index (χ2v) is 49.5. The van der Waals surface area contributed by atoms with E-state index in [9.17, 15) is 9.59 Å². The number of rotatable bonds is 19. The van der Waals surface area contributed by atoms with Gasteiger partial charge in [0, 0.05) is 19.6 Å². The van der Waals surface area contributed by atoms with Crippen molar-refractivity contribution in [1.82, 2.24) is 9.80 Å². The molecule has 0 fully saturated rings. The van der Waals surface area contributed by atoms with Gasteiger partial charge < -0.3 is 27.0 Å². The van der Waals surface area contributed by atoms with Gasteiger partial charge in [-0.15, -0.1) is 0 Å². The Hall–Kier alpha value is -0.796. The van der Waals surface area contributed by atoms with E-state index in [1.165, 1.54) is 4.90 Å². The van der Waals surface area contributed by atoms with Crippen LogP contribution in [0.5, 0.6) is 0 Å². The lowest BCUT2D eigenvalue weighted by Crippen LogP contribution is -2.64. The summed E-state index contributed by atoms with van der Waals surface area (Å²) in [7, 11) is -10.1. The molecule has 9 nitrogen and oxygen atoms in total. The van der Waals surface area contributed by atoms with Crippen molar-refractivity contribution in [1.29, 1.82) is 0 Å². The summed E-state index contributed by atoms with van der Waals surface area (Å²) in [5, 5.41) is -0.380. The summed E-state index contributed by atoms with van der Waals surface area (Å²) < 4.78 is 38.3. The smallest absolute Gasteiger partial charge is 0.261 e. The zero-order valence-corrected chi connectivity index (χ0v) is 49.2. The Morgan fingerprint density at radius 2 is 0.820 bits per heavy atom. The quantitative estimate of drug-likeness (QED) is 0.100. The summed E-state index contributed by atoms with van der Waals surface area (Å²) in [6.07, 6.45) is -1.92. The Bertz CT molecular complexity index is 1610. The zero-order valence-electron chi connectivity index (χ0n) is 44.2. The molecule has 3 unspecified atom stereocenters. The van der Waals surface area contributed by atoms with E-state index in [-0.39, 0.29) is 43.6 Å². The van der Waals surface area contributed by atoms with Gasteiger partial charge in [0.1, 0.15) is 0 Å². The van der Waals surface area contributed by atoms with E-state index in [0.29, 0.717) is 30.8 Å². The highest BCUT2D eigenvalue weighted by Crippen LogP contribution is 2.46. The van der Waals surface area contributed by atoms with Crippen LogP contribution in [0.4, 0.5) is 0 Å². The number of hydrogen-bond acceptors (Lipinski definition) is 8. The van der Waals surface area contributed by atoms with Crippen LogP contribution in [0.15, 0.2) is 24.3 Å². The Kier molecular flexibility index (Phi) is 17.7. The van der Waals surface area contributed by atoms with Gasteiger partial charge in [0.2, 0.25) is 0 Å². The van der Waals surface area contributed by atoms with Crippen molar-refractivity contribution in [3.8, 4) is 0 Å². The van der Waals surface area contributed by atoms with E-state index in [2.05, 4.69) is 181 Å². The molecule has 0 aromatic heterocycles. The fraction of sp³-hybridized carbons (Fsp3) is 0.830. The minimum absolute atomic E-state index is 0.00246. The summed E-state index contributed by atoms with van der Waals surface area (Å²) in [6, 6.07) is 7.11. The maximum atomic E-state index is 13.5. The van der Waals surface area contributed by atoms with Crippen molar-refractivity contribution < 1.29 is 31.7 Å². The largest absolute Gasteiger partial charge is 0.414 e. The molecule has 0 saturated carbocycles. The molecular weight excluding hydrogens is 845 g/mol. The average molecular weight is 940 g/mol. The highest BCUT2D eigenvalue weighted by molar-refractivity contribution is 6.76. The normalized spacial score (nSPS) is 17.9. The van der Waals surface area contributed by atoms with E-state index < -0.39 is 66.0 Å². The maximum Gasteiger partial charge on any atom is 0.261 e. The van der Waals surface area contributed by atoms with Crippen molar-refractivity contribution in [3.63, 3.8) is 0 Å². The van der Waals surface area contributed by atoms with E-state index in [1.807, 2.05) is 12.1 Å². The van der Waals surface area contributed by atoms with E-state index in [1.54, 1.807) is 12.1 Å². The molecule has 1 aromatic carbocycles. The molecule has 4 atom stereocenters. The first-order valence-electron chi connectivity index (χ1n) is 22.9. The maximum absolute atomic E-state index is 13.5. The van der Waals surface area contributed by atoms with Gasteiger partial charge in [-0.25, -0.2) is 0 Å². The van der Waals surface area contributed by atoms with Crippen LogP contribution in [0.3, 0.4) is 0 Å². The number of imide groups is 1. The Morgan fingerprint density at radius 3 is 1.16 bits per heavy atom. The second-order valence-electron chi connectivity index (χ2n) is 25.7. The van der Waals surface area contributed by atoms with Crippen LogP contribution in [0.2, 0.25) is 90.7 Å². The first-order valence-corrected chi connectivity index (χ1v) is 37.4. The molecule has 2 amide bonds. The number of hydrogen-bond donors (Lipinski definition) is 0. The fourth-order valence-electron chi connectivity index (χ4n) is 5.88. The SMILES string of the molecule is CN(CCN1C(=O)c2ccccc2C1=O)C[C@@H](O[Si](C)(C)C(C)(C)C)C(O[Si](C)(C)C(C)(C)C)C(O[Si](C)(C)C(C)(C)C)C(CO[Si](C)(C)C(C)(C)C)O[Si](C)(C)C(C)(C)C. The lowest BCUT2D eigenvalue weighted by Gasteiger charge is -2.52. The standard InChI is InChI=1S/C47H94N2O7Si5/c1-43(2,3)57(17,18)52-34-38(54-59(21,22)45(7,8)9)40(56-61(25,26)47(13,14)15)39(55-60(23,24)46(10,11)12)37(53-58(19,20)44(4,5)6)33-48(16)31-32-49-41(50)35-29-27-28-30-36(35)42(49)51/h27-30,37-40H,31-34H2,1-26H3/t37-,38?,39?,40?/m1/s1. The van der Waals surface area contributed by atoms with Crippen molar-refractivity contribution in [3.05, 3.63) is 35.4 Å². The van der Waals surface area contributed by atoms with Gasteiger partial charge in [-0.1, -0.05) is 116 Å². The summed E-state index contributed by atoms with van der Waals surface area (Å²) in [5.41, 5.74) is 0.936. The number of carbonyl (C=O) groups is 2. The molecule has 1 aromatic rings. The van der Waals surface area contributed by atoms with Crippen molar-refractivity contribution in [2.45, 2.75) is 219 Å². The third-order valence-electron chi connectivity index (χ3n) is 15.5. The zero-order chi connectivity index (χ0) is 48.0. The molecule has 0 spiro atoms. The summed E-state index contributed by atoms with van der Waals surface area (Å²) in [5.74, 6) is -0.477. The van der Waals surface area contributed by atoms with Gasteiger partial charge in [0.25, 0.3) is 11.8 Å². The molecule has 61 heavy (non-hydrogen) atoms. The van der Waals surface area contributed by atoms with Gasteiger partial charge in [0.15, 0.2) is 41.6 Å². The molecule has 1 aliphatic rings. The van der Waals surface area contributed by atoms with Crippen molar-refractivity contribution >= 4 is 53.4 Å². The number of carbonyl (C=O) groups excluding carboxylic acids is 2. The number of nitrogens with zero attached hydrogens (tertiary/aromatic N) is 2. The first kappa shape index (κ1) is 56.3. The fourth-order valence-corrected chi connectivity index (χ4v) is 12.2. The molecule has 0 N–H and O–H groups in total. The van der Waals surface area contributed by atoms with Crippen LogP contribution in [-0.2, 0) is 22.1 Å². The number of likely N-dealkylation sites (N-methyl/N-ethyl adjacent to an activating group) is 1. The molecule has 0 bridgehead atoms. The van der Waals surface area contributed by atoms with Gasteiger partial charge in [-0.3, -0.25) is 14.5 Å². The second kappa shape index (κ2) is 19.2. The van der Waals surface area contributed by atoms with Crippen LogP contribution < -0.4 is 0 Å². The summed E-state index contributed by atoms with van der Waals surface area (Å²) >= 11 is 0. The lowest BCUT2D eigenvalue weighted by molar-refractivity contribution is -0.0977. The number of benzene rings is 1. The van der Waals surface area contributed by atoms with Crippen LogP contribution in [0.25, 0.3) is 0 Å². The predicted molar refractivity (Wildman–Crippen MR) is 271 cm³/mol. The molecule has 0 radical (unpaired) electrons. The van der Waals surface area contributed by atoms with Crippen LogP contribution in [0, 0.1) is 0 Å². The molecule has 14 heteroatoms. The third kappa shape index (κ3) is 13.9. The Morgan fingerprint density at radius 1 is 0.508 bits per heavy atom. The predicted octanol–water partition coefficient (Wildman–Crippen LogP) is 12.8. The van der Waals surface area contributed by atoms with E-state index in [0.717, 1.165) is 0 Å². The van der Waals surface area contributed by atoms with E-state index >= 15 is 0 Å². The first-order chi connectivity index (χ1) is 26.9. The van der Waals surface area contributed by atoms with Crippen LogP contribution >= 0.6 is 0 Å². The van der Waals surface area contributed by atoms with Crippen molar-refractivity contribution in [2.75, 3.05) is 33.3 Å². The molecule has 0 aliphatic carbocycles. The molecule has 0 saturated heterocycles. The molecule has 2 rings (SSSR count). The molecular formula is C47H94N2O7Si5. The topological polar surface area (TPSA) is 86.8 Å². The average Bonchev–Trinajstić information content (AvgIpc) is 3.29. The van der Waals surface area contributed by atoms with Crippen LogP contribution in [0.1, 0.15) is 125 Å². The monoisotopic (exact) mass is 939 g/mol. The lowest BCUT2D eigenvalue weighted by atomic mass is 10.0. The minimum atomic E-state index is -2.53. The van der Waals surface area contributed by atoms with E-state index in [4.69, 9.17) is 22.1 Å². The van der Waals surface area contributed by atoms with Gasteiger partial charge in [-0.05, 0) is 110 Å². The number of fused-ring (bicyclic) bond motifs is 1. The molecule has 1 aliphatic heterocycles. The summed E-state index contributed by atoms with van der Waals surface area (Å²) in [4.78, 5) is 30.5. The number of amides is 2. The highest BCUT2D eigenvalue weighted by Gasteiger charge is 2.54. The molecule has 1 heterocycles. The third-order valence-corrected chi connectivity index (χ3v) is 38.0. The minimum Gasteiger partial charge on any atom is -0.414 e. The van der Waals surface area contributed by atoms with Gasteiger partial charge >= 0.3 is 0 Å². The summed E-state index contributed by atoms with van der Waals surface area (Å²) in [6.45, 7) is 59.3. The molecule has 354 valence electrons. The van der Waals surface area contributed by atoms with Crippen LogP contribution in [-0.4, -0.2) is 121 Å². The van der Waals surface area contributed by atoms with Crippen molar-refractivity contribution in [2.24, 2.45) is 0 Å². The van der Waals surface area contributed by atoms with Gasteiger partial charge in [0.05, 0.1) is 42.1 Å².